The van der Waals surface area contributed by atoms with E-state index in [0.29, 0.717) is 38.5 Å². The summed E-state index contributed by atoms with van der Waals surface area (Å²) in [6.07, 6.45) is 110. The molecule has 1 aromatic carbocycles. The average Bonchev–Trinajstić information content (AvgIpc) is 0.756. The van der Waals surface area contributed by atoms with E-state index >= 15 is 28.8 Å². The van der Waals surface area contributed by atoms with Gasteiger partial charge >= 0.3 is 0 Å². The first kappa shape index (κ1) is 120. The molecular formula is C114H216N6O6. The van der Waals surface area contributed by atoms with Gasteiger partial charge in [0, 0.05) is 38.5 Å². The van der Waals surface area contributed by atoms with Gasteiger partial charge in [-0.15, -0.1) is 0 Å². The second-order valence-corrected chi connectivity index (χ2v) is 39.7. The number of rotatable bonds is 102. The van der Waals surface area contributed by atoms with E-state index in [0.717, 1.165) is 116 Å². The fraction of sp³-hybridized carbons (Fsp3) is 0.895. The van der Waals surface area contributed by atoms with Gasteiger partial charge in [0.15, 0.2) is 0 Å². The van der Waals surface area contributed by atoms with Crippen molar-refractivity contribution >= 4 is 69.6 Å². The molecule has 12 heteroatoms. The number of amides is 6. The number of nitrogens with one attached hydrogen (secondary N) is 6. The maximum atomic E-state index is 15.1. The van der Waals surface area contributed by atoms with Gasteiger partial charge in [0.2, 0.25) is 35.4 Å². The molecule has 738 valence electrons. The van der Waals surface area contributed by atoms with Gasteiger partial charge in [0.1, 0.15) is 0 Å². The Morgan fingerprint density at radius 1 is 0.111 bits per heavy atom. The maximum Gasteiger partial charge on any atom is 0.224 e. The van der Waals surface area contributed by atoms with Crippen molar-refractivity contribution in [2.75, 3.05) is 31.9 Å². The average molecular weight is 1770 g/mol. The van der Waals surface area contributed by atoms with Crippen molar-refractivity contribution in [2.45, 2.75) is 658 Å². The lowest BCUT2D eigenvalue weighted by molar-refractivity contribution is -0.117. The predicted octanol–water partition coefficient (Wildman–Crippen LogP) is 38.9. The molecule has 0 aliphatic rings. The molecule has 6 amide bonds. The van der Waals surface area contributed by atoms with Crippen molar-refractivity contribution in [1.29, 1.82) is 0 Å². The lowest BCUT2D eigenvalue weighted by Gasteiger charge is -2.28. The molecule has 0 saturated heterocycles. The SMILES string of the molecule is CCCCCCCCCCCCCCCCCC(=O)Nc1c(NC(=O)CCCCCCCCCCCCCCCCC)c(NC(=O)CCCCCCCCCCCCCCCCC)c(NC(=O)CCCCCCCCCCCCCCCCC)c(NC(=O)CCCCCCCCCCCCCCCCC)c1NC(=O)CCCCCCCCCCCCCCCCC. The molecular weight excluding hydrogens is 1550 g/mol. The van der Waals surface area contributed by atoms with Gasteiger partial charge in [-0.1, -0.05) is 581 Å². The van der Waals surface area contributed by atoms with E-state index in [1.165, 1.54) is 424 Å². The van der Waals surface area contributed by atoms with Gasteiger partial charge in [0.25, 0.3) is 0 Å². The maximum absolute atomic E-state index is 15.1. The van der Waals surface area contributed by atoms with Gasteiger partial charge < -0.3 is 31.9 Å². The molecule has 126 heavy (non-hydrogen) atoms. The highest BCUT2D eigenvalue weighted by Gasteiger charge is 2.31. The van der Waals surface area contributed by atoms with Crippen LogP contribution in [0, 0.1) is 0 Å². The molecule has 0 aliphatic heterocycles. The summed E-state index contributed by atoms with van der Waals surface area (Å²) in [5.41, 5.74) is 0.753. The number of carbonyl (C=O) groups excluding carboxylic acids is 6. The molecule has 0 saturated carbocycles. The van der Waals surface area contributed by atoms with Crippen LogP contribution in [-0.2, 0) is 28.8 Å². The van der Waals surface area contributed by atoms with Crippen molar-refractivity contribution in [3.63, 3.8) is 0 Å². The van der Waals surface area contributed by atoms with E-state index in [9.17, 15) is 0 Å². The largest absolute Gasteiger partial charge is 0.322 e. The lowest BCUT2D eigenvalue weighted by atomic mass is 10.0. The van der Waals surface area contributed by atoms with Gasteiger partial charge in [0.05, 0.1) is 34.1 Å². The monoisotopic (exact) mass is 1770 g/mol. The molecule has 0 atom stereocenters. The number of unbranched alkanes of at least 4 members (excludes halogenated alkanes) is 84. The standard InChI is InChI=1S/C114H216N6O6/c1-7-13-19-25-31-37-43-49-55-61-67-73-79-85-91-97-103(121)115-109-110(116-104(122)98-92-86-80-74-68-62-56-50-44-38-32-26-20-14-8-2)112(118-106(124)100-94-88-82-76-70-64-58-52-46-40-34-28-22-16-10-4)114(120-108(126)102-96-90-84-78-72-66-60-54-48-42-36-30-24-18-12-6)113(119-107(125)101-95-89-83-77-71-65-59-53-47-41-35-29-23-17-11-5)111(109)117-105(123)99-93-87-81-75-69-63-57-51-45-39-33-27-21-15-9-3/h7-102H2,1-6H3,(H,115,121)(H,116,122)(H,117,123)(H,118,124)(H,119,125)(H,120,126). The Bertz CT molecular complexity index is 2110. The highest BCUT2D eigenvalue weighted by Crippen LogP contribution is 2.51. The Labute approximate surface area is 783 Å². The Hall–Kier alpha value is -3.96. The Morgan fingerprint density at radius 3 is 0.246 bits per heavy atom. The van der Waals surface area contributed by atoms with Gasteiger partial charge in [-0.05, 0) is 38.5 Å². The number of carbonyl (C=O) groups is 6. The first-order valence-electron chi connectivity index (χ1n) is 57.1. The molecule has 0 bridgehead atoms. The second kappa shape index (κ2) is 97.1. The predicted molar refractivity (Wildman–Crippen MR) is 555 cm³/mol. The molecule has 0 heterocycles. The van der Waals surface area contributed by atoms with Crippen LogP contribution in [0.4, 0.5) is 34.1 Å². The second-order valence-electron chi connectivity index (χ2n) is 39.7. The Morgan fingerprint density at radius 2 is 0.175 bits per heavy atom. The molecule has 0 fully saturated rings. The molecule has 6 N–H and O–H groups in total. The van der Waals surface area contributed by atoms with Crippen molar-refractivity contribution in [1.82, 2.24) is 0 Å². The summed E-state index contributed by atoms with van der Waals surface area (Å²) in [5, 5.41) is 19.7. The molecule has 12 nitrogen and oxygen atoms in total. The quantitative estimate of drug-likeness (QED) is 0.0354. The summed E-state index contributed by atoms with van der Waals surface area (Å²) >= 11 is 0. The Kier molecular flexibility index (Phi) is 92.5. The van der Waals surface area contributed by atoms with E-state index in [1.54, 1.807) is 0 Å². The number of hydrogen-bond donors (Lipinski definition) is 6. The van der Waals surface area contributed by atoms with Crippen LogP contribution in [0.2, 0.25) is 0 Å². The highest BCUT2D eigenvalue weighted by molar-refractivity contribution is 6.22. The fourth-order valence-corrected chi connectivity index (χ4v) is 18.7. The van der Waals surface area contributed by atoms with Crippen LogP contribution < -0.4 is 31.9 Å². The first-order valence-corrected chi connectivity index (χ1v) is 57.1. The minimum absolute atomic E-state index is 0.126. The van der Waals surface area contributed by atoms with Gasteiger partial charge in [-0.2, -0.15) is 0 Å². The van der Waals surface area contributed by atoms with E-state index in [4.69, 9.17) is 0 Å². The molecule has 0 radical (unpaired) electrons. The van der Waals surface area contributed by atoms with E-state index in [1.807, 2.05) is 0 Å². The minimum Gasteiger partial charge on any atom is -0.322 e. The smallest absolute Gasteiger partial charge is 0.224 e. The van der Waals surface area contributed by atoms with Crippen LogP contribution in [0.1, 0.15) is 658 Å². The summed E-state index contributed by atoms with van der Waals surface area (Å²) in [7, 11) is 0. The minimum atomic E-state index is -0.282. The van der Waals surface area contributed by atoms with E-state index in [-0.39, 0.29) is 108 Å². The zero-order valence-corrected chi connectivity index (χ0v) is 85.3. The summed E-state index contributed by atoms with van der Waals surface area (Å²) in [5.74, 6) is -1.69. The zero-order chi connectivity index (χ0) is 91.1. The third-order valence-electron chi connectivity index (χ3n) is 27.1. The van der Waals surface area contributed by atoms with Gasteiger partial charge in [-0.25, -0.2) is 0 Å². The van der Waals surface area contributed by atoms with E-state index in [2.05, 4.69) is 73.4 Å². The first-order chi connectivity index (χ1) is 62.1. The number of hydrogen-bond acceptors (Lipinski definition) is 6. The van der Waals surface area contributed by atoms with Crippen molar-refractivity contribution in [3.05, 3.63) is 0 Å². The molecule has 0 aromatic heterocycles. The van der Waals surface area contributed by atoms with Crippen molar-refractivity contribution in [3.8, 4) is 0 Å². The van der Waals surface area contributed by atoms with Crippen LogP contribution in [0.15, 0.2) is 0 Å². The van der Waals surface area contributed by atoms with Gasteiger partial charge in [-0.3, -0.25) is 28.8 Å². The molecule has 1 rings (SSSR count). The van der Waals surface area contributed by atoms with Crippen LogP contribution in [-0.4, -0.2) is 35.4 Å². The summed E-state index contributed by atoms with van der Waals surface area (Å²) in [6, 6.07) is 0. The lowest BCUT2D eigenvalue weighted by Crippen LogP contribution is -2.26. The normalized spacial score (nSPS) is 11.5. The van der Waals surface area contributed by atoms with E-state index < -0.39 is 0 Å². The zero-order valence-electron chi connectivity index (χ0n) is 85.3. The molecule has 0 unspecified atom stereocenters. The van der Waals surface area contributed by atoms with Crippen LogP contribution in [0.3, 0.4) is 0 Å². The molecule has 0 aliphatic carbocycles. The van der Waals surface area contributed by atoms with Crippen LogP contribution >= 0.6 is 0 Å². The number of anilines is 6. The third kappa shape index (κ3) is 79.8. The summed E-state index contributed by atoms with van der Waals surface area (Å²) in [6.45, 7) is 13.7. The Balaban J connectivity index is 4.02. The number of benzene rings is 1. The summed E-state index contributed by atoms with van der Waals surface area (Å²) < 4.78 is 0. The van der Waals surface area contributed by atoms with Crippen molar-refractivity contribution in [2.24, 2.45) is 0 Å². The topological polar surface area (TPSA) is 175 Å². The van der Waals surface area contributed by atoms with Crippen LogP contribution in [0.25, 0.3) is 0 Å². The highest BCUT2D eigenvalue weighted by atomic mass is 16.2. The molecule has 0 spiro atoms. The fourth-order valence-electron chi connectivity index (χ4n) is 18.7. The third-order valence-corrected chi connectivity index (χ3v) is 27.1. The summed E-state index contributed by atoms with van der Waals surface area (Å²) in [4.78, 5) is 90.5. The molecule has 1 aromatic rings. The van der Waals surface area contributed by atoms with Crippen molar-refractivity contribution < 1.29 is 28.8 Å². The van der Waals surface area contributed by atoms with Crippen LogP contribution in [0.5, 0.6) is 0 Å².